The van der Waals surface area contributed by atoms with E-state index in [1.54, 1.807) is 0 Å². The van der Waals surface area contributed by atoms with Crippen LogP contribution < -0.4 is 0 Å². The second kappa shape index (κ2) is 6.38. The summed E-state index contributed by atoms with van der Waals surface area (Å²) in [5.41, 5.74) is 0. The van der Waals surface area contributed by atoms with E-state index in [-0.39, 0.29) is 0 Å². The van der Waals surface area contributed by atoms with Crippen LogP contribution in [0.25, 0.3) is 0 Å². The van der Waals surface area contributed by atoms with E-state index in [4.69, 9.17) is 0 Å². The Balaban J connectivity index is 2.12. The lowest BCUT2D eigenvalue weighted by molar-refractivity contribution is 0.147. The van der Waals surface area contributed by atoms with Crippen LogP contribution in [0.4, 0.5) is 0 Å². The third kappa shape index (κ3) is 3.95. The van der Waals surface area contributed by atoms with E-state index in [1.165, 1.54) is 39.3 Å². The molecule has 1 saturated heterocycles. The topological polar surface area (TPSA) is 9.72 Å². The predicted molar refractivity (Wildman–Crippen MR) is 61.2 cm³/mol. The second-order valence-electron chi connectivity index (χ2n) is 3.99. The van der Waals surface area contributed by atoms with Crippen LogP contribution in [-0.2, 0) is 0 Å². The molecule has 0 bridgehead atoms. The lowest BCUT2D eigenvalue weighted by atomic mass is 10.3. The van der Waals surface area contributed by atoms with Crippen molar-refractivity contribution in [1.82, 2.24) is 14.7 Å². The van der Waals surface area contributed by atoms with E-state index in [1.807, 2.05) is 0 Å². The van der Waals surface area contributed by atoms with Crippen LogP contribution in [0.1, 0.15) is 13.8 Å². The van der Waals surface area contributed by atoms with Crippen molar-refractivity contribution in [2.75, 3.05) is 52.4 Å². The normalized spacial score (nSPS) is 20.6. The number of hydrogen-bond donors (Lipinski definition) is 0. The molecule has 0 aromatic carbocycles. The van der Waals surface area contributed by atoms with Crippen molar-refractivity contribution < 1.29 is 0 Å². The minimum atomic E-state index is 1.12. The Morgan fingerprint density at radius 1 is 1.07 bits per heavy atom. The maximum atomic E-state index is 3.96. The molecule has 3 heteroatoms. The summed E-state index contributed by atoms with van der Waals surface area (Å²) in [6, 6.07) is 0. The molecule has 0 atom stereocenters. The molecule has 1 rings (SSSR count). The van der Waals surface area contributed by atoms with Crippen LogP contribution in [0.2, 0.25) is 0 Å². The number of hydrogen-bond acceptors (Lipinski definition) is 3. The van der Waals surface area contributed by atoms with Crippen LogP contribution in [0.5, 0.6) is 0 Å². The minimum Gasteiger partial charge on any atom is -0.303 e. The van der Waals surface area contributed by atoms with E-state index in [0.717, 1.165) is 13.1 Å². The van der Waals surface area contributed by atoms with E-state index in [2.05, 4.69) is 35.6 Å². The first-order chi connectivity index (χ1) is 6.76. The molecule has 0 saturated carbocycles. The maximum Gasteiger partial charge on any atom is 0.0110 e. The summed E-state index contributed by atoms with van der Waals surface area (Å²) in [6.45, 7) is 13.9. The van der Waals surface area contributed by atoms with Crippen molar-refractivity contribution >= 4 is 0 Å². The van der Waals surface area contributed by atoms with Gasteiger partial charge < -0.3 is 4.90 Å². The van der Waals surface area contributed by atoms with Gasteiger partial charge in [0.05, 0.1) is 0 Å². The maximum absolute atomic E-state index is 3.96. The summed E-state index contributed by atoms with van der Waals surface area (Å²) < 4.78 is 0. The van der Waals surface area contributed by atoms with Crippen LogP contribution in [-0.4, -0.2) is 67.1 Å². The minimum absolute atomic E-state index is 1.12. The molecule has 83 valence electrons. The first-order valence-electron chi connectivity index (χ1n) is 5.76. The van der Waals surface area contributed by atoms with Crippen LogP contribution in [0.15, 0.2) is 0 Å². The highest BCUT2D eigenvalue weighted by atomic mass is 15.3. The first-order valence-corrected chi connectivity index (χ1v) is 5.76. The SMILES string of the molecule is [CH2]N1CCN(CCN(CC)CC)CC1. The van der Waals surface area contributed by atoms with Gasteiger partial charge in [-0.15, -0.1) is 0 Å². The van der Waals surface area contributed by atoms with Gasteiger partial charge in [-0.25, -0.2) is 0 Å². The summed E-state index contributed by atoms with van der Waals surface area (Å²) >= 11 is 0. The average Bonchev–Trinajstić information content (AvgIpc) is 2.22. The van der Waals surface area contributed by atoms with Gasteiger partial charge in [-0.2, -0.15) is 0 Å². The zero-order valence-electron chi connectivity index (χ0n) is 9.71. The molecule has 0 spiro atoms. The molecular weight excluding hydrogens is 174 g/mol. The van der Waals surface area contributed by atoms with Crippen LogP contribution in [0, 0.1) is 7.05 Å². The molecule has 0 unspecified atom stereocenters. The highest BCUT2D eigenvalue weighted by molar-refractivity contribution is 4.71. The molecule has 0 N–H and O–H groups in total. The number of likely N-dealkylation sites (N-methyl/N-ethyl adjacent to an activating group) is 1. The van der Waals surface area contributed by atoms with Gasteiger partial charge in [0.1, 0.15) is 0 Å². The Kier molecular flexibility index (Phi) is 5.45. The molecule has 1 radical (unpaired) electrons. The molecule has 1 fully saturated rings. The fraction of sp³-hybridized carbons (Fsp3) is 0.909. The van der Waals surface area contributed by atoms with Crippen molar-refractivity contribution in [2.45, 2.75) is 13.8 Å². The average molecular weight is 198 g/mol. The lowest BCUT2D eigenvalue weighted by Gasteiger charge is -2.33. The van der Waals surface area contributed by atoms with Crippen LogP contribution >= 0.6 is 0 Å². The molecule has 0 aromatic heterocycles. The molecule has 0 aliphatic carbocycles. The van der Waals surface area contributed by atoms with Crippen molar-refractivity contribution in [2.24, 2.45) is 0 Å². The van der Waals surface area contributed by atoms with E-state index < -0.39 is 0 Å². The van der Waals surface area contributed by atoms with Gasteiger partial charge in [-0.1, -0.05) is 13.8 Å². The fourth-order valence-corrected chi connectivity index (χ4v) is 1.84. The highest BCUT2D eigenvalue weighted by Crippen LogP contribution is 2.00. The Hall–Kier alpha value is -0.120. The van der Waals surface area contributed by atoms with Crippen molar-refractivity contribution in [3.8, 4) is 0 Å². The lowest BCUT2D eigenvalue weighted by Crippen LogP contribution is -2.46. The molecule has 0 amide bonds. The Morgan fingerprint density at radius 2 is 1.64 bits per heavy atom. The Morgan fingerprint density at radius 3 is 2.14 bits per heavy atom. The highest BCUT2D eigenvalue weighted by Gasteiger charge is 2.13. The zero-order chi connectivity index (χ0) is 10.4. The largest absolute Gasteiger partial charge is 0.303 e. The predicted octanol–water partition coefficient (Wildman–Crippen LogP) is 0.737. The number of rotatable bonds is 5. The molecule has 0 aromatic rings. The smallest absolute Gasteiger partial charge is 0.0110 e. The van der Waals surface area contributed by atoms with Gasteiger partial charge in [0.2, 0.25) is 0 Å². The molecule has 3 nitrogen and oxygen atoms in total. The van der Waals surface area contributed by atoms with Gasteiger partial charge in [-0.3, -0.25) is 9.80 Å². The van der Waals surface area contributed by atoms with Gasteiger partial charge in [0, 0.05) is 46.3 Å². The second-order valence-corrected chi connectivity index (χ2v) is 3.99. The zero-order valence-corrected chi connectivity index (χ0v) is 9.71. The van der Waals surface area contributed by atoms with E-state index >= 15 is 0 Å². The molecular formula is C11H24N3. The monoisotopic (exact) mass is 198 g/mol. The third-order valence-electron chi connectivity index (χ3n) is 3.09. The summed E-state index contributed by atoms with van der Waals surface area (Å²) in [4.78, 5) is 7.18. The molecule has 1 aliphatic heterocycles. The van der Waals surface area contributed by atoms with Gasteiger partial charge in [0.15, 0.2) is 0 Å². The van der Waals surface area contributed by atoms with E-state index in [0.29, 0.717) is 0 Å². The molecule has 1 aliphatic rings. The van der Waals surface area contributed by atoms with Gasteiger partial charge in [0.25, 0.3) is 0 Å². The Bertz CT molecular complexity index is 137. The molecule has 14 heavy (non-hydrogen) atoms. The number of piperazine rings is 1. The summed E-state index contributed by atoms with van der Waals surface area (Å²) in [5, 5.41) is 0. The summed E-state index contributed by atoms with van der Waals surface area (Å²) in [5.74, 6) is 0. The fourth-order valence-electron chi connectivity index (χ4n) is 1.84. The van der Waals surface area contributed by atoms with Crippen molar-refractivity contribution in [3.05, 3.63) is 7.05 Å². The Labute approximate surface area is 88.7 Å². The van der Waals surface area contributed by atoms with Gasteiger partial charge in [-0.05, 0) is 13.1 Å². The summed E-state index contributed by atoms with van der Waals surface area (Å²) in [7, 11) is 3.96. The number of nitrogens with zero attached hydrogens (tertiary/aromatic N) is 3. The van der Waals surface area contributed by atoms with E-state index in [9.17, 15) is 0 Å². The first kappa shape index (κ1) is 12.0. The van der Waals surface area contributed by atoms with Crippen LogP contribution in [0.3, 0.4) is 0 Å². The van der Waals surface area contributed by atoms with Crippen molar-refractivity contribution in [3.63, 3.8) is 0 Å². The quantitative estimate of drug-likeness (QED) is 0.645. The van der Waals surface area contributed by atoms with Gasteiger partial charge >= 0.3 is 0 Å². The summed E-state index contributed by atoms with van der Waals surface area (Å²) in [6.07, 6.45) is 0. The van der Waals surface area contributed by atoms with Crippen molar-refractivity contribution in [1.29, 1.82) is 0 Å². The standard InChI is InChI=1S/C11H24N3/c1-4-13(5-2)10-11-14-8-6-12(3)7-9-14/h3-11H2,1-2H3. The molecule has 1 heterocycles. The third-order valence-corrected chi connectivity index (χ3v) is 3.09.